The number of nitrogens with one attached hydrogen (secondary N) is 1. The van der Waals surface area contributed by atoms with Gasteiger partial charge in [-0.05, 0) is 12.5 Å². The van der Waals surface area contributed by atoms with Crippen molar-refractivity contribution < 1.29 is 17.9 Å². The third-order valence-corrected chi connectivity index (χ3v) is 5.45. The Balaban J connectivity index is 2.62. The zero-order valence-electron chi connectivity index (χ0n) is 15.2. The van der Waals surface area contributed by atoms with E-state index in [2.05, 4.69) is 5.32 Å². The van der Waals surface area contributed by atoms with Gasteiger partial charge in [0.25, 0.3) is 5.56 Å². The molecule has 0 aliphatic rings. The first-order valence-corrected chi connectivity index (χ1v) is 9.25. The summed E-state index contributed by atoms with van der Waals surface area (Å²) in [5.41, 5.74) is 4.85. The fraction of sp³-hybridized carbons (Fsp3) is 0.625. The molecule has 0 aromatic carbocycles. The van der Waals surface area contributed by atoms with Gasteiger partial charge in [0, 0.05) is 38.2 Å². The smallest absolute Gasteiger partial charge is 0.383 e. The SMILES string of the molecule is COCCn1c(=O)c2c(C)c(CNCCN)sc2n(CCC(F)(F)F)c1=O. The van der Waals surface area contributed by atoms with Crippen LogP contribution in [0.4, 0.5) is 13.2 Å². The molecule has 0 aliphatic heterocycles. The van der Waals surface area contributed by atoms with E-state index in [0.717, 1.165) is 25.3 Å². The van der Waals surface area contributed by atoms with Gasteiger partial charge in [-0.15, -0.1) is 11.3 Å². The van der Waals surface area contributed by atoms with Crippen LogP contribution in [0.2, 0.25) is 0 Å². The fourth-order valence-corrected chi connectivity index (χ4v) is 4.01. The highest BCUT2D eigenvalue weighted by molar-refractivity contribution is 7.18. The van der Waals surface area contributed by atoms with Crippen LogP contribution in [0, 0.1) is 6.92 Å². The number of aromatic nitrogens is 2. The first kappa shape index (κ1) is 21.6. The predicted molar refractivity (Wildman–Crippen MR) is 98.4 cm³/mol. The molecule has 0 fully saturated rings. The summed E-state index contributed by atoms with van der Waals surface area (Å²) in [5.74, 6) is 0. The predicted octanol–water partition coefficient (Wildman–Crippen LogP) is 1.18. The summed E-state index contributed by atoms with van der Waals surface area (Å²) in [5, 5.41) is 3.38. The number of rotatable bonds is 9. The summed E-state index contributed by atoms with van der Waals surface area (Å²) >= 11 is 1.16. The molecule has 2 aromatic heterocycles. The normalized spacial score (nSPS) is 12.2. The molecule has 0 saturated carbocycles. The third kappa shape index (κ3) is 4.98. The molecule has 27 heavy (non-hydrogen) atoms. The van der Waals surface area contributed by atoms with Crippen LogP contribution in [0.3, 0.4) is 0 Å². The highest BCUT2D eigenvalue weighted by atomic mass is 32.1. The lowest BCUT2D eigenvalue weighted by Gasteiger charge is -2.13. The zero-order chi connectivity index (χ0) is 20.2. The van der Waals surface area contributed by atoms with E-state index in [1.165, 1.54) is 7.11 Å². The number of ether oxygens (including phenoxy) is 1. The number of alkyl halides is 3. The minimum absolute atomic E-state index is 0.0217. The second-order valence-corrected chi connectivity index (χ2v) is 7.13. The highest BCUT2D eigenvalue weighted by Gasteiger charge is 2.28. The largest absolute Gasteiger partial charge is 0.390 e. The van der Waals surface area contributed by atoms with Crippen molar-refractivity contribution in [3.05, 3.63) is 31.3 Å². The quantitative estimate of drug-likeness (QED) is 0.608. The molecule has 152 valence electrons. The molecule has 7 nitrogen and oxygen atoms in total. The summed E-state index contributed by atoms with van der Waals surface area (Å²) in [4.78, 5) is 26.6. The van der Waals surface area contributed by atoms with E-state index >= 15 is 0 Å². The van der Waals surface area contributed by atoms with E-state index in [9.17, 15) is 22.8 Å². The number of aryl methyl sites for hydroxylation is 2. The standard InChI is InChI=1S/C16H23F3N4O3S/c1-10-11(9-21-5-4-20)27-14-12(10)13(24)22(7-8-26-2)15(25)23(14)6-3-16(17,18)19/h21H,3-9,20H2,1-2H3. The number of nitrogens with two attached hydrogens (primary N) is 1. The lowest BCUT2D eigenvalue weighted by Crippen LogP contribution is -2.41. The first-order valence-electron chi connectivity index (χ1n) is 8.43. The van der Waals surface area contributed by atoms with Gasteiger partial charge in [0.05, 0.1) is 25.0 Å². The van der Waals surface area contributed by atoms with E-state index in [0.29, 0.717) is 25.2 Å². The van der Waals surface area contributed by atoms with Gasteiger partial charge in [-0.1, -0.05) is 0 Å². The fourth-order valence-electron chi connectivity index (χ4n) is 2.73. The van der Waals surface area contributed by atoms with Crippen LogP contribution < -0.4 is 22.3 Å². The number of halogens is 3. The van der Waals surface area contributed by atoms with Crippen LogP contribution in [0.5, 0.6) is 0 Å². The molecule has 0 amide bonds. The van der Waals surface area contributed by atoms with Crippen molar-refractivity contribution in [2.75, 3.05) is 26.8 Å². The second kappa shape index (κ2) is 9.00. The molecule has 3 N–H and O–H groups in total. The number of nitrogens with zero attached hydrogens (tertiary/aromatic N) is 2. The maximum Gasteiger partial charge on any atom is 0.390 e. The van der Waals surface area contributed by atoms with Crippen LogP contribution in [0.25, 0.3) is 10.2 Å². The van der Waals surface area contributed by atoms with Gasteiger partial charge < -0.3 is 15.8 Å². The van der Waals surface area contributed by atoms with Crippen molar-refractivity contribution in [1.29, 1.82) is 0 Å². The molecule has 2 rings (SSSR count). The molecule has 2 aromatic rings. The second-order valence-electron chi connectivity index (χ2n) is 6.04. The molecule has 0 radical (unpaired) electrons. The van der Waals surface area contributed by atoms with E-state index in [1.807, 2.05) is 0 Å². The van der Waals surface area contributed by atoms with Crippen LogP contribution in [-0.2, 0) is 24.4 Å². The summed E-state index contributed by atoms with van der Waals surface area (Å²) in [6.07, 6.45) is -5.56. The number of hydrogen-bond donors (Lipinski definition) is 2. The van der Waals surface area contributed by atoms with E-state index < -0.39 is 30.4 Å². The molecule has 0 saturated heterocycles. The van der Waals surface area contributed by atoms with Crippen molar-refractivity contribution in [2.24, 2.45) is 5.73 Å². The summed E-state index contributed by atoms with van der Waals surface area (Å²) < 4.78 is 45.1. The van der Waals surface area contributed by atoms with Crippen LogP contribution in [0.1, 0.15) is 16.9 Å². The van der Waals surface area contributed by atoms with Crippen LogP contribution in [0.15, 0.2) is 9.59 Å². The van der Waals surface area contributed by atoms with Crippen molar-refractivity contribution in [3.8, 4) is 0 Å². The molecule has 11 heteroatoms. The molecular weight excluding hydrogens is 385 g/mol. The van der Waals surface area contributed by atoms with Crippen molar-refractivity contribution in [3.63, 3.8) is 0 Å². The Kier molecular flexibility index (Phi) is 7.20. The molecule has 0 spiro atoms. The Morgan fingerprint density at radius 2 is 1.93 bits per heavy atom. The maximum absolute atomic E-state index is 12.8. The summed E-state index contributed by atoms with van der Waals surface area (Å²) in [7, 11) is 1.42. The number of methoxy groups -OCH3 is 1. The average Bonchev–Trinajstić information content (AvgIpc) is 2.91. The zero-order valence-corrected chi connectivity index (χ0v) is 16.0. The van der Waals surface area contributed by atoms with Crippen LogP contribution in [-0.4, -0.2) is 42.1 Å². The Labute approximate surface area is 157 Å². The van der Waals surface area contributed by atoms with Gasteiger partial charge in [0.1, 0.15) is 4.83 Å². The first-order chi connectivity index (χ1) is 12.7. The molecule has 0 atom stereocenters. The summed E-state index contributed by atoms with van der Waals surface area (Å²) in [6.45, 7) is 2.70. The monoisotopic (exact) mass is 408 g/mol. The molecule has 0 unspecified atom stereocenters. The Hall–Kier alpha value is -1.69. The molecule has 0 aliphatic carbocycles. The maximum atomic E-state index is 12.8. The minimum atomic E-state index is -4.41. The minimum Gasteiger partial charge on any atom is -0.383 e. The van der Waals surface area contributed by atoms with E-state index in [4.69, 9.17) is 10.5 Å². The van der Waals surface area contributed by atoms with Gasteiger partial charge in [-0.25, -0.2) is 4.79 Å². The highest BCUT2D eigenvalue weighted by Crippen LogP contribution is 2.29. The van der Waals surface area contributed by atoms with Crippen molar-refractivity contribution in [1.82, 2.24) is 14.5 Å². The topological polar surface area (TPSA) is 91.3 Å². The van der Waals surface area contributed by atoms with Gasteiger partial charge >= 0.3 is 11.9 Å². The molecule has 0 bridgehead atoms. The van der Waals surface area contributed by atoms with Gasteiger partial charge in [0.15, 0.2) is 0 Å². The Morgan fingerprint density at radius 1 is 1.22 bits per heavy atom. The van der Waals surface area contributed by atoms with Gasteiger partial charge in [0.2, 0.25) is 0 Å². The number of fused-ring (bicyclic) bond motifs is 1. The number of thiophene rings is 1. The lowest BCUT2D eigenvalue weighted by atomic mass is 10.2. The van der Waals surface area contributed by atoms with E-state index in [1.54, 1.807) is 6.92 Å². The van der Waals surface area contributed by atoms with Crippen molar-refractivity contribution in [2.45, 2.75) is 39.2 Å². The van der Waals surface area contributed by atoms with Gasteiger partial charge in [-0.2, -0.15) is 13.2 Å². The van der Waals surface area contributed by atoms with Crippen molar-refractivity contribution >= 4 is 21.6 Å². The summed E-state index contributed by atoms with van der Waals surface area (Å²) in [6, 6.07) is 0. The Bertz CT molecular complexity index is 901. The van der Waals surface area contributed by atoms with Gasteiger partial charge in [-0.3, -0.25) is 13.9 Å². The van der Waals surface area contributed by atoms with Crippen LogP contribution >= 0.6 is 11.3 Å². The number of hydrogen-bond acceptors (Lipinski definition) is 6. The molecule has 2 heterocycles. The Morgan fingerprint density at radius 3 is 2.52 bits per heavy atom. The van der Waals surface area contributed by atoms with E-state index in [-0.39, 0.29) is 23.4 Å². The lowest BCUT2D eigenvalue weighted by molar-refractivity contribution is -0.136. The third-order valence-electron chi connectivity index (χ3n) is 4.14. The average molecular weight is 408 g/mol. The molecular formula is C16H23F3N4O3S.